The normalized spacial score (nSPS) is 19.0. The summed E-state index contributed by atoms with van der Waals surface area (Å²) in [6.45, 7) is 0.633. The average molecular weight is 396 g/mol. The number of carbonyl (C=O) groups is 1. The summed E-state index contributed by atoms with van der Waals surface area (Å²) in [4.78, 5) is 10.9. The van der Waals surface area contributed by atoms with Gasteiger partial charge in [-0.05, 0) is 42.8 Å². The van der Waals surface area contributed by atoms with E-state index >= 15 is 0 Å². The lowest BCUT2D eigenvalue weighted by molar-refractivity contribution is -0.119. The van der Waals surface area contributed by atoms with Gasteiger partial charge in [0.2, 0.25) is 10.0 Å². The van der Waals surface area contributed by atoms with Crippen LogP contribution in [-0.2, 0) is 14.8 Å². The molecular formula is C17H20N2O5S2. The van der Waals surface area contributed by atoms with Gasteiger partial charge in [0.1, 0.15) is 11.5 Å². The van der Waals surface area contributed by atoms with Gasteiger partial charge in [0.15, 0.2) is 6.61 Å². The van der Waals surface area contributed by atoms with Crippen molar-refractivity contribution in [2.24, 2.45) is 5.73 Å². The Labute approximate surface area is 156 Å². The number of benzene rings is 1. The highest BCUT2D eigenvalue weighted by molar-refractivity contribution is 7.99. The molecule has 9 heteroatoms. The van der Waals surface area contributed by atoms with E-state index in [0.717, 1.165) is 5.76 Å². The lowest BCUT2D eigenvalue weighted by atomic mass is 10.2. The van der Waals surface area contributed by atoms with Crippen LogP contribution in [0.4, 0.5) is 0 Å². The summed E-state index contributed by atoms with van der Waals surface area (Å²) in [5, 5.41) is 0.162. The molecule has 2 N–H and O–H groups in total. The van der Waals surface area contributed by atoms with Crippen LogP contribution in [0.5, 0.6) is 5.75 Å². The van der Waals surface area contributed by atoms with Gasteiger partial charge in [-0.1, -0.05) is 0 Å². The van der Waals surface area contributed by atoms with E-state index < -0.39 is 15.9 Å². The molecule has 1 aliphatic rings. The monoisotopic (exact) mass is 396 g/mol. The largest absolute Gasteiger partial charge is 0.484 e. The molecule has 0 bridgehead atoms. The van der Waals surface area contributed by atoms with Crippen molar-refractivity contribution in [3.8, 4) is 5.75 Å². The fourth-order valence-electron chi connectivity index (χ4n) is 2.70. The molecule has 0 unspecified atom stereocenters. The number of amides is 1. The predicted octanol–water partition coefficient (Wildman–Crippen LogP) is 2.01. The lowest BCUT2D eigenvalue weighted by Crippen LogP contribution is -2.33. The fraction of sp³-hybridized carbons (Fsp3) is 0.353. The van der Waals surface area contributed by atoms with Crippen molar-refractivity contribution in [2.45, 2.75) is 16.6 Å². The molecule has 0 aliphatic carbocycles. The van der Waals surface area contributed by atoms with Gasteiger partial charge in [-0.3, -0.25) is 4.79 Å². The third-order valence-corrected chi connectivity index (χ3v) is 7.21. The van der Waals surface area contributed by atoms with Crippen molar-refractivity contribution in [3.63, 3.8) is 0 Å². The van der Waals surface area contributed by atoms with E-state index in [1.807, 2.05) is 12.1 Å². The maximum Gasteiger partial charge on any atom is 0.255 e. The number of hydrogen-bond acceptors (Lipinski definition) is 6. The van der Waals surface area contributed by atoms with E-state index in [1.54, 1.807) is 18.0 Å². The molecule has 1 aromatic heterocycles. The number of thioether (sulfide) groups is 1. The topological polar surface area (TPSA) is 103 Å². The van der Waals surface area contributed by atoms with Crippen molar-refractivity contribution in [1.29, 1.82) is 0 Å². The Bertz CT molecular complexity index is 835. The number of primary amides is 1. The molecule has 0 saturated carbocycles. The van der Waals surface area contributed by atoms with E-state index in [9.17, 15) is 13.2 Å². The third kappa shape index (κ3) is 4.40. The van der Waals surface area contributed by atoms with E-state index in [-0.39, 0.29) is 16.8 Å². The van der Waals surface area contributed by atoms with Gasteiger partial charge in [0, 0.05) is 18.8 Å². The van der Waals surface area contributed by atoms with Crippen LogP contribution in [0.3, 0.4) is 0 Å². The molecule has 2 heterocycles. The van der Waals surface area contributed by atoms with Gasteiger partial charge in [0.05, 0.1) is 16.4 Å². The number of hydrogen-bond donors (Lipinski definition) is 1. The van der Waals surface area contributed by atoms with E-state index in [4.69, 9.17) is 14.9 Å². The number of furan rings is 1. The van der Waals surface area contributed by atoms with Crippen LogP contribution < -0.4 is 10.5 Å². The van der Waals surface area contributed by atoms with Crippen molar-refractivity contribution >= 4 is 27.7 Å². The number of nitrogens with zero attached hydrogens (tertiary/aromatic N) is 1. The summed E-state index contributed by atoms with van der Waals surface area (Å²) >= 11 is 1.70. The maximum atomic E-state index is 12.9. The van der Waals surface area contributed by atoms with Gasteiger partial charge in [-0.15, -0.1) is 11.8 Å². The molecule has 2 aromatic rings. The lowest BCUT2D eigenvalue weighted by Gasteiger charge is -2.20. The van der Waals surface area contributed by atoms with Crippen molar-refractivity contribution < 1.29 is 22.4 Å². The maximum absolute atomic E-state index is 12.9. The minimum Gasteiger partial charge on any atom is -0.484 e. The molecule has 7 nitrogen and oxygen atoms in total. The molecule has 3 rings (SSSR count). The van der Waals surface area contributed by atoms with Crippen LogP contribution in [0, 0.1) is 0 Å². The van der Waals surface area contributed by atoms with E-state index in [2.05, 4.69) is 0 Å². The number of carbonyl (C=O) groups excluding carboxylic acids is 1. The first-order chi connectivity index (χ1) is 12.5. The van der Waals surface area contributed by atoms with Gasteiger partial charge in [-0.25, -0.2) is 8.42 Å². The quantitative estimate of drug-likeness (QED) is 0.801. The van der Waals surface area contributed by atoms with Crippen LogP contribution in [-0.4, -0.2) is 44.1 Å². The molecule has 1 fully saturated rings. The summed E-state index contributed by atoms with van der Waals surface area (Å²) in [6, 6.07) is 9.77. The summed E-state index contributed by atoms with van der Waals surface area (Å²) in [6.07, 6.45) is 2.33. The van der Waals surface area contributed by atoms with Crippen LogP contribution in [0.1, 0.15) is 17.4 Å². The minimum absolute atomic E-state index is 0.162. The molecule has 1 atom stereocenters. The van der Waals surface area contributed by atoms with Gasteiger partial charge < -0.3 is 14.9 Å². The molecule has 0 spiro atoms. The first kappa shape index (κ1) is 18.8. The van der Waals surface area contributed by atoms with Crippen molar-refractivity contribution in [3.05, 3.63) is 48.4 Å². The number of nitrogens with two attached hydrogens (primary N) is 1. The Morgan fingerprint density at radius 2 is 2.04 bits per heavy atom. The van der Waals surface area contributed by atoms with E-state index in [0.29, 0.717) is 31.0 Å². The Hall–Kier alpha value is -1.97. The zero-order chi connectivity index (χ0) is 18.6. The molecular weight excluding hydrogens is 376 g/mol. The van der Waals surface area contributed by atoms with Crippen molar-refractivity contribution in [1.82, 2.24) is 4.31 Å². The summed E-state index contributed by atoms with van der Waals surface area (Å²) in [5.74, 6) is 1.39. The molecule has 26 heavy (non-hydrogen) atoms. The molecule has 1 saturated heterocycles. The zero-order valence-electron chi connectivity index (χ0n) is 14.0. The minimum atomic E-state index is -3.58. The van der Waals surface area contributed by atoms with E-state index in [1.165, 1.54) is 28.6 Å². The summed E-state index contributed by atoms with van der Waals surface area (Å²) in [5.41, 5.74) is 5.02. The highest BCUT2D eigenvalue weighted by Crippen LogP contribution is 2.35. The predicted molar refractivity (Wildman–Crippen MR) is 98.4 cm³/mol. The first-order valence-corrected chi connectivity index (χ1v) is 10.6. The molecule has 1 amide bonds. The smallest absolute Gasteiger partial charge is 0.255 e. The SMILES string of the molecule is NC(=O)COc1ccc(S(=O)(=O)N2CCS[C@H](c3ccco3)CC2)cc1. The molecule has 1 aliphatic heterocycles. The van der Waals surface area contributed by atoms with Gasteiger partial charge in [-0.2, -0.15) is 4.31 Å². The van der Waals surface area contributed by atoms with Crippen molar-refractivity contribution in [2.75, 3.05) is 25.4 Å². The van der Waals surface area contributed by atoms with Crippen LogP contribution in [0.15, 0.2) is 52.0 Å². The standard InChI is InChI=1S/C17H20N2O5S2/c18-17(20)12-24-13-3-5-14(6-4-13)26(21,22)19-8-7-16(25-11-9-19)15-2-1-10-23-15/h1-6,10,16H,7-9,11-12H2,(H2,18,20)/t16-/m0/s1. The number of rotatable bonds is 6. The highest BCUT2D eigenvalue weighted by atomic mass is 32.2. The summed E-state index contributed by atoms with van der Waals surface area (Å²) in [7, 11) is -3.58. The zero-order valence-corrected chi connectivity index (χ0v) is 15.7. The van der Waals surface area contributed by atoms with Gasteiger partial charge >= 0.3 is 0 Å². The molecule has 0 radical (unpaired) electrons. The number of sulfonamides is 1. The second kappa shape index (κ2) is 8.15. The molecule has 140 valence electrons. The summed E-state index contributed by atoms with van der Waals surface area (Å²) < 4.78 is 37.9. The third-order valence-electron chi connectivity index (χ3n) is 4.00. The second-order valence-corrected chi connectivity index (χ2v) is 9.04. The number of ether oxygens (including phenoxy) is 1. The Morgan fingerprint density at radius 3 is 2.69 bits per heavy atom. The highest BCUT2D eigenvalue weighted by Gasteiger charge is 2.29. The second-order valence-electron chi connectivity index (χ2n) is 5.79. The Balaban J connectivity index is 1.68. The van der Waals surface area contributed by atoms with Crippen LogP contribution in [0.2, 0.25) is 0 Å². The Morgan fingerprint density at radius 1 is 1.27 bits per heavy atom. The first-order valence-electron chi connectivity index (χ1n) is 8.13. The Kier molecular flexibility index (Phi) is 5.90. The van der Waals surface area contributed by atoms with Gasteiger partial charge in [0.25, 0.3) is 5.91 Å². The fourth-order valence-corrected chi connectivity index (χ4v) is 5.46. The van der Waals surface area contributed by atoms with Crippen LogP contribution in [0.25, 0.3) is 0 Å². The van der Waals surface area contributed by atoms with Crippen LogP contribution >= 0.6 is 11.8 Å². The molecule has 1 aromatic carbocycles. The average Bonchev–Trinajstić information content (AvgIpc) is 3.04.